The third kappa shape index (κ3) is 5.03. The summed E-state index contributed by atoms with van der Waals surface area (Å²) in [4.78, 5) is 24.9. The lowest BCUT2D eigenvalue weighted by Crippen LogP contribution is -2.12. The highest BCUT2D eigenvalue weighted by Gasteiger charge is 2.22. The number of hydrogen-bond donors (Lipinski definition) is 1. The molecule has 0 unspecified atom stereocenters. The van der Waals surface area contributed by atoms with Crippen molar-refractivity contribution in [1.82, 2.24) is 0 Å². The number of rotatable bonds is 7. The highest BCUT2D eigenvalue weighted by Crippen LogP contribution is 2.36. The van der Waals surface area contributed by atoms with Gasteiger partial charge in [-0.05, 0) is 42.2 Å². The van der Waals surface area contributed by atoms with Gasteiger partial charge in [0.25, 0.3) is 0 Å². The molecule has 1 N–H and O–H groups in total. The molecule has 3 aromatic rings. The van der Waals surface area contributed by atoms with Gasteiger partial charge < -0.3 is 14.5 Å². The van der Waals surface area contributed by atoms with E-state index in [0.717, 1.165) is 11.1 Å². The van der Waals surface area contributed by atoms with Crippen LogP contribution in [0.5, 0.6) is 0 Å². The van der Waals surface area contributed by atoms with E-state index in [1.165, 1.54) is 29.2 Å². The molecule has 3 rings (SSSR count). The molecule has 1 amide bonds. The standard InChI is InChI=1S/C23H23NO4S/c1-4-27-23(26)21-19(17-9-7-16(8-10-17)15(2)3)14-29-22(21)24-20(25)12-11-18-6-5-13-28-18/h5-15H,4H2,1-3H3,(H,24,25). The first-order chi connectivity index (χ1) is 14.0. The maximum atomic E-state index is 12.6. The van der Waals surface area contributed by atoms with Crippen LogP contribution in [0, 0.1) is 0 Å². The summed E-state index contributed by atoms with van der Waals surface area (Å²) < 4.78 is 10.4. The van der Waals surface area contributed by atoms with Crippen molar-refractivity contribution < 1.29 is 18.7 Å². The van der Waals surface area contributed by atoms with Crippen molar-refractivity contribution >= 4 is 34.3 Å². The second-order valence-electron chi connectivity index (χ2n) is 6.69. The molecule has 0 aliphatic rings. The maximum Gasteiger partial charge on any atom is 0.341 e. The Labute approximate surface area is 174 Å². The minimum absolute atomic E-state index is 0.256. The minimum atomic E-state index is -0.456. The second-order valence-corrected chi connectivity index (χ2v) is 7.57. The molecule has 0 atom stereocenters. The van der Waals surface area contributed by atoms with Crippen molar-refractivity contribution in [2.24, 2.45) is 0 Å². The molecule has 0 fully saturated rings. The summed E-state index contributed by atoms with van der Waals surface area (Å²) in [5.41, 5.74) is 3.24. The number of esters is 1. The number of carbonyl (C=O) groups is 2. The van der Waals surface area contributed by atoms with E-state index in [4.69, 9.17) is 9.15 Å². The average Bonchev–Trinajstić information content (AvgIpc) is 3.36. The molecule has 2 aromatic heterocycles. The summed E-state index contributed by atoms with van der Waals surface area (Å²) in [5, 5.41) is 5.10. The molecule has 0 bridgehead atoms. The SMILES string of the molecule is CCOC(=O)c1c(-c2ccc(C(C)C)cc2)csc1NC(=O)C=Cc1ccco1. The summed E-state index contributed by atoms with van der Waals surface area (Å²) in [7, 11) is 0. The number of carbonyl (C=O) groups excluding carboxylic acids is 2. The molecule has 0 radical (unpaired) electrons. The second kappa shape index (κ2) is 9.39. The number of thiophene rings is 1. The minimum Gasteiger partial charge on any atom is -0.465 e. The van der Waals surface area contributed by atoms with Gasteiger partial charge in [0.05, 0.1) is 12.9 Å². The van der Waals surface area contributed by atoms with Crippen LogP contribution in [0.1, 0.15) is 48.4 Å². The lowest BCUT2D eigenvalue weighted by Gasteiger charge is -2.09. The van der Waals surface area contributed by atoms with E-state index in [0.29, 0.717) is 22.2 Å². The van der Waals surface area contributed by atoms with E-state index in [2.05, 4.69) is 31.3 Å². The van der Waals surface area contributed by atoms with E-state index in [-0.39, 0.29) is 12.5 Å². The van der Waals surface area contributed by atoms with E-state index in [9.17, 15) is 9.59 Å². The van der Waals surface area contributed by atoms with E-state index < -0.39 is 5.97 Å². The Hall–Kier alpha value is -3.12. The zero-order chi connectivity index (χ0) is 20.8. The largest absolute Gasteiger partial charge is 0.465 e. The molecule has 5 nitrogen and oxygen atoms in total. The fourth-order valence-electron chi connectivity index (χ4n) is 2.81. The van der Waals surface area contributed by atoms with Crippen LogP contribution in [0.2, 0.25) is 0 Å². The molecule has 0 saturated heterocycles. The lowest BCUT2D eigenvalue weighted by atomic mass is 9.98. The van der Waals surface area contributed by atoms with Crippen LogP contribution in [0.15, 0.2) is 58.5 Å². The highest BCUT2D eigenvalue weighted by atomic mass is 32.1. The Morgan fingerprint density at radius 1 is 1.21 bits per heavy atom. The average molecular weight is 410 g/mol. The Morgan fingerprint density at radius 3 is 2.59 bits per heavy atom. The normalized spacial score (nSPS) is 11.2. The number of furan rings is 1. The molecule has 29 heavy (non-hydrogen) atoms. The number of ether oxygens (including phenoxy) is 1. The van der Waals surface area contributed by atoms with Crippen LogP contribution in [0.25, 0.3) is 17.2 Å². The quantitative estimate of drug-likeness (QED) is 0.386. The summed E-state index contributed by atoms with van der Waals surface area (Å²) >= 11 is 1.30. The number of benzene rings is 1. The fourth-order valence-corrected chi connectivity index (χ4v) is 3.77. The van der Waals surface area contributed by atoms with Crippen LogP contribution in [0.3, 0.4) is 0 Å². The predicted molar refractivity (Wildman–Crippen MR) is 116 cm³/mol. The molecule has 6 heteroatoms. The van der Waals surface area contributed by atoms with Gasteiger partial charge in [0.15, 0.2) is 0 Å². The van der Waals surface area contributed by atoms with E-state index >= 15 is 0 Å². The first-order valence-electron chi connectivity index (χ1n) is 9.41. The number of nitrogens with one attached hydrogen (secondary N) is 1. The summed E-state index contributed by atoms with van der Waals surface area (Å²) in [6, 6.07) is 11.6. The molecular formula is C23H23NO4S. The van der Waals surface area contributed by atoms with Gasteiger partial charge in [-0.25, -0.2) is 4.79 Å². The first-order valence-corrected chi connectivity index (χ1v) is 10.3. The van der Waals surface area contributed by atoms with Gasteiger partial charge in [-0.1, -0.05) is 38.1 Å². The molecular weight excluding hydrogens is 386 g/mol. The topological polar surface area (TPSA) is 68.5 Å². The van der Waals surface area contributed by atoms with Crippen molar-refractivity contribution in [2.45, 2.75) is 26.7 Å². The van der Waals surface area contributed by atoms with Gasteiger partial charge in [-0.2, -0.15) is 0 Å². The highest BCUT2D eigenvalue weighted by molar-refractivity contribution is 7.15. The van der Waals surface area contributed by atoms with Crippen LogP contribution in [-0.2, 0) is 9.53 Å². The smallest absolute Gasteiger partial charge is 0.341 e. The molecule has 0 aliphatic heterocycles. The Bertz CT molecular complexity index is 998. The van der Waals surface area contributed by atoms with E-state index in [1.807, 2.05) is 17.5 Å². The van der Waals surface area contributed by atoms with Gasteiger partial charge in [-0.3, -0.25) is 4.79 Å². The van der Waals surface area contributed by atoms with Crippen molar-refractivity contribution in [3.8, 4) is 11.1 Å². The zero-order valence-corrected chi connectivity index (χ0v) is 17.4. The van der Waals surface area contributed by atoms with Crippen LogP contribution in [0.4, 0.5) is 5.00 Å². The molecule has 2 heterocycles. The zero-order valence-electron chi connectivity index (χ0n) is 16.6. The van der Waals surface area contributed by atoms with Gasteiger partial charge in [0.1, 0.15) is 16.3 Å². The monoisotopic (exact) mass is 409 g/mol. The van der Waals surface area contributed by atoms with Crippen LogP contribution < -0.4 is 5.32 Å². The molecule has 0 spiro atoms. The summed E-state index contributed by atoms with van der Waals surface area (Å²) in [6.45, 7) is 6.28. The van der Waals surface area contributed by atoms with Crippen molar-refractivity contribution in [3.05, 3.63) is 71.0 Å². The number of hydrogen-bond acceptors (Lipinski definition) is 5. The van der Waals surface area contributed by atoms with Gasteiger partial charge in [0.2, 0.25) is 5.91 Å². The maximum absolute atomic E-state index is 12.6. The van der Waals surface area contributed by atoms with Crippen molar-refractivity contribution in [2.75, 3.05) is 11.9 Å². The van der Waals surface area contributed by atoms with Gasteiger partial charge in [0, 0.05) is 17.0 Å². The van der Waals surface area contributed by atoms with Gasteiger partial charge >= 0.3 is 5.97 Å². The first kappa shape index (κ1) is 20.6. The molecule has 0 saturated carbocycles. The molecule has 150 valence electrons. The predicted octanol–water partition coefficient (Wildman–Crippen LogP) is 5.96. The van der Waals surface area contributed by atoms with Crippen molar-refractivity contribution in [1.29, 1.82) is 0 Å². The Balaban J connectivity index is 1.89. The van der Waals surface area contributed by atoms with Crippen LogP contribution in [-0.4, -0.2) is 18.5 Å². The summed E-state index contributed by atoms with van der Waals surface area (Å²) in [5.74, 6) is 0.187. The third-order valence-electron chi connectivity index (χ3n) is 4.34. The molecule has 0 aliphatic carbocycles. The van der Waals surface area contributed by atoms with Crippen molar-refractivity contribution in [3.63, 3.8) is 0 Å². The lowest BCUT2D eigenvalue weighted by molar-refractivity contribution is -0.111. The molecule has 1 aromatic carbocycles. The number of anilines is 1. The Kier molecular flexibility index (Phi) is 6.67. The van der Waals surface area contributed by atoms with Crippen LogP contribution >= 0.6 is 11.3 Å². The van der Waals surface area contributed by atoms with E-state index in [1.54, 1.807) is 25.1 Å². The third-order valence-corrected chi connectivity index (χ3v) is 5.23. The Morgan fingerprint density at radius 2 is 1.97 bits per heavy atom. The number of amides is 1. The fraction of sp³-hybridized carbons (Fsp3) is 0.217. The van der Waals surface area contributed by atoms with Gasteiger partial charge in [-0.15, -0.1) is 11.3 Å². The summed E-state index contributed by atoms with van der Waals surface area (Å²) in [6.07, 6.45) is 4.47.